The molecule has 2 N–H and O–H groups in total. The molecular formula is C15H28N4O4S2. The van der Waals surface area contributed by atoms with Crippen LogP contribution in [0.3, 0.4) is 0 Å². The Labute approximate surface area is 151 Å². The molecule has 0 amide bonds. The summed E-state index contributed by atoms with van der Waals surface area (Å²) >= 11 is 0. The van der Waals surface area contributed by atoms with E-state index >= 15 is 0 Å². The molecule has 0 unspecified atom stereocenters. The van der Waals surface area contributed by atoms with Gasteiger partial charge >= 0.3 is 0 Å². The molecule has 0 aliphatic heterocycles. The van der Waals surface area contributed by atoms with E-state index in [1.54, 1.807) is 0 Å². The van der Waals surface area contributed by atoms with Crippen molar-refractivity contribution in [1.29, 1.82) is 10.5 Å². The fraction of sp³-hybridized carbons (Fsp3) is 0.867. The molecule has 0 aliphatic carbocycles. The van der Waals surface area contributed by atoms with E-state index < -0.39 is 25.1 Å². The van der Waals surface area contributed by atoms with Crippen LogP contribution in [0.1, 0.15) is 64.2 Å². The van der Waals surface area contributed by atoms with Crippen LogP contribution >= 0.6 is 0 Å². The third-order valence-corrected chi connectivity index (χ3v) is 7.16. The Morgan fingerprint density at radius 1 is 0.600 bits per heavy atom. The third kappa shape index (κ3) is 16.0. The van der Waals surface area contributed by atoms with Crippen molar-refractivity contribution in [2.45, 2.75) is 64.2 Å². The smallest absolute Gasteiger partial charge is 0.214 e. The van der Waals surface area contributed by atoms with Gasteiger partial charge in [-0.2, -0.15) is 10.5 Å². The Kier molecular flexibility index (Phi) is 13.3. The summed E-state index contributed by atoms with van der Waals surface area (Å²) in [6.45, 7) is 0.395. The van der Waals surface area contributed by atoms with Gasteiger partial charge in [-0.3, -0.25) is 0 Å². The first-order valence-electron chi connectivity index (χ1n) is 8.51. The Morgan fingerprint density at radius 2 is 0.960 bits per heavy atom. The lowest BCUT2D eigenvalue weighted by Gasteiger charge is -2.09. The van der Waals surface area contributed by atoms with E-state index in [1.165, 1.54) is 0 Å². The zero-order valence-corrected chi connectivity index (χ0v) is 16.2. The van der Waals surface area contributed by atoms with E-state index in [2.05, 4.69) is 9.44 Å². The van der Waals surface area contributed by atoms with Crippen molar-refractivity contribution in [1.82, 2.24) is 9.44 Å². The molecule has 0 aromatic heterocycles. The van der Waals surface area contributed by atoms with Crippen LogP contribution in [0.2, 0.25) is 0 Å². The van der Waals surface area contributed by atoms with Crippen molar-refractivity contribution in [3.05, 3.63) is 0 Å². The van der Waals surface area contributed by atoms with Crippen LogP contribution in [0.4, 0.5) is 0 Å². The predicted molar refractivity (Wildman–Crippen MR) is 96.1 cm³/mol. The summed E-state index contributed by atoms with van der Waals surface area (Å²) in [5, 5.41) is 15.8. The molecule has 0 saturated heterocycles. The molecule has 0 spiro atoms. The molecule has 8 nitrogen and oxygen atoms in total. The maximum Gasteiger partial charge on any atom is 0.227 e. The van der Waals surface area contributed by atoms with Gasteiger partial charge in [0.2, 0.25) is 20.0 Å². The van der Waals surface area contributed by atoms with Crippen LogP contribution in [0.5, 0.6) is 0 Å². The molecule has 10 heteroatoms. The highest BCUT2D eigenvalue weighted by atomic mass is 32.3. The Bertz CT molecular complexity index is 577. The number of unbranched alkanes of at least 4 members (excludes halogenated alkanes) is 8. The lowest BCUT2D eigenvalue weighted by molar-refractivity contribution is 0.565. The molecule has 0 rings (SSSR count). The van der Waals surface area contributed by atoms with Gasteiger partial charge in [0.1, 0.15) is 0 Å². The molecule has 0 aromatic carbocycles. The SMILES string of the molecule is N#CCCCCCCNS(=O)(=O)CS(=O)(=O)NCCCCCCC#N. The van der Waals surface area contributed by atoms with Crippen LogP contribution in [-0.2, 0) is 20.0 Å². The topological polar surface area (TPSA) is 140 Å². The van der Waals surface area contributed by atoms with E-state index in [4.69, 9.17) is 10.5 Å². The molecule has 25 heavy (non-hydrogen) atoms. The van der Waals surface area contributed by atoms with Gasteiger partial charge in [0.05, 0.1) is 12.1 Å². The fourth-order valence-corrected chi connectivity index (χ4v) is 5.32. The van der Waals surface area contributed by atoms with Gasteiger partial charge in [0.15, 0.2) is 5.08 Å². The van der Waals surface area contributed by atoms with Gasteiger partial charge < -0.3 is 0 Å². The maximum atomic E-state index is 11.8. The molecule has 0 aliphatic rings. The molecule has 0 atom stereocenters. The van der Waals surface area contributed by atoms with Gasteiger partial charge in [-0.15, -0.1) is 0 Å². The summed E-state index contributed by atoms with van der Waals surface area (Å²) in [6, 6.07) is 4.09. The van der Waals surface area contributed by atoms with Crippen molar-refractivity contribution in [3.8, 4) is 12.1 Å². The van der Waals surface area contributed by atoms with Crippen molar-refractivity contribution in [3.63, 3.8) is 0 Å². The van der Waals surface area contributed by atoms with Gasteiger partial charge in [-0.25, -0.2) is 26.3 Å². The van der Waals surface area contributed by atoms with E-state index in [-0.39, 0.29) is 13.1 Å². The number of rotatable bonds is 16. The van der Waals surface area contributed by atoms with Gasteiger partial charge in [0, 0.05) is 25.9 Å². The van der Waals surface area contributed by atoms with E-state index in [0.29, 0.717) is 25.7 Å². The lowest BCUT2D eigenvalue weighted by atomic mass is 10.1. The van der Waals surface area contributed by atoms with Crippen molar-refractivity contribution in [2.24, 2.45) is 0 Å². The number of hydrogen-bond donors (Lipinski definition) is 2. The highest BCUT2D eigenvalue weighted by Crippen LogP contribution is 2.03. The standard InChI is InChI=1S/C15H28N4O4S2/c16-11-7-3-1-5-9-13-18-24(20,21)15-25(22,23)19-14-10-6-2-4-8-12-17/h18-19H,1-10,13-15H2. The van der Waals surface area contributed by atoms with E-state index in [9.17, 15) is 16.8 Å². The van der Waals surface area contributed by atoms with Crippen molar-refractivity contribution in [2.75, 3.05) is 18.2 Å². The molecule has 144 valence electrons. The number of nitrogens with zero attached hydrogens (tertiary/aromatic N) is 2. The lowest BCUT2D eigenvalue weighted by Crippen LogP contribution is -2.36. The van der Waals surface area contributed by atoms with E-state index in [0.717, 1.165) is 38.5 Å². The Balaban J connectivity index is 3.90. The average Bonchev–Trinajstić information content (AvgIpc) is 2.52. The fourth-order valence-electron chi connectivity index (χ4n) is 2.11. The first-order chi connectivity index (χ1) is 11.8. The minimum Gasteiger partial charge on any atom is -0.214 e. The van der Waals surface area contributed by atoms with Crippen LogP contribution in [0, 0.1) is 22.7 Å². The average molecular weight is 393 g/mol. The summed E-state index contributed by atoms with van der Waals surface area (Å²) in [5.41, 5.74) is 0. The molecule has 0 bridgehead atoms. The molecule has 0 heterocycles. The molecule has 0 saturated carbocycles. The number of hydrogen-bond acceptors (Lipinski definition) is 6. The van der Waals surface area contributed by atoms with Crippen molar-refractivity contribution < 1.29 is 16.8 Å². The molecular weight excluding hydrogens is 364 g/mol. The monoisotopic (exact) mass is 392 g/mol. The normalized spacial score (nSPS) is 11.8. The van der Waals surface area contributed by atoms with Gasteiger partial charge in [0.25, 0.3) is 0 Å². The van der Waals surface area contributed by atoms with Crippen molar-refractivity contribution >= 4 is 20.0 Å². The number of sulfonamides is 2. The summed E-state index contributed by atoms with van der Waals surface area (Å²) in [7, 11) is -7.76. The van der Waals surface area contributed by atoms with E-state index in [1.807, 2.05) is 12.1 Å². The second kappa shape index (κ2) is 14.0. The first-order valence-corrected chi connectivity index (χ1v) is 11.8. The quantitative estimate of drug-likeness (QED) is 0.383. The van der Waals surface area contributed by atoms with Crippen LogP contribution in [-0.4, -0.2) is 35.0 Å². The highest BCUT2D eigenvalue weighted by molar-refractivity contribution is 8.06. The second-order valence-electron chi connectivity index (χ2n) is 5.78. The van der Waals surface area contributed by atoms with Crippen LogP contribution < -0.4 is 9.44 Å². The summed E-state index contributed by atoms with van der Waals surface area (Å²) in [5.74, 6) is 0. The molecule has 0 aromatic rings. The zero-order chi connectivity index (χ0) is 19.0. The zero-order valence-electron chi connectivity index (χ0n) is 14.5. The summed E-state index contributed by atoms with van der Waals surface area (Å²) in [4.78, 5) is 0. The number of nitrogens with one attached hydrogen (secondary N) is 2. The van der Waals surface area contributed by atoms with Crippen LogP contribution in [0.15, 0.2) is 0 Å². The predicted octanol–water partition coefficient (Wildman–Crippen LogP) is 1.73. The number of nitriles is 2. The molecule has 0 fully saturated rings. The largest absolute Gasteiger partial charge is 0.227 e. The third-order valence-electron chi connectivity index (χ3n) is 3.38. The molecule has 0 radical (unpaired) electrons. The summed E-state index contributed by atoms with van der Waals surface area (Å²) in [6.07, 6.45) is 7.08. The second-order valence-corrected chi connectivity index (χ2v) is 9.76. The van der Waals surface area contributed by atoms with Gasteiger partial charge in [-0.05, 0) is 25.7 Å². The Morgan fingerprint density at radius 3 is 1.32 bits per heavy atom. The minimum atomic E-state index is -3.88. The minimum absolute atomic E-state index is 0.198. The van der Waals surface area contributed by atoms with Crippen LogP contribution in [0.25, 0.3) is 0 Å². The maximum absolute atomic E-state index is 11.8. The summed E-state index contributed by atoms with van der Waals surface area (Å²) < 4.78 is 51.7. The van der Waals surface area contributed by atoms with Gasteiger partial charge in [-0.1, -0.05) is 25.7 Å². The highest BCUT2D eigenvalue weighted by Gasteiger charge is 2.21. The first kappa shape index (κ1) is 23.8. The Hall–Kier alpha value is -1.20.